The third-order valence-electron chi connectivity index (χ3n) is 4.18. The van der Waals surface area contributed by atoms with Crippen LogP contribution in [0.2, 0.25) is 0 Å². The Balaban J connectivity index is 1.82. The van der Waals surface area contributed by atoms with Gasteiger partial charge in [-0.3, -0.25) is 0 Å². The van der Waals surface area contributed by atoms with E-state index in [1.807, 2.05) is 4.57 Å². The van der Waals surface area contributed by atoms with Crippen LogP contribution in [0, 0.1) is 0 Å². The zero-order valence-corrected chi connectivity index (χ0v) is 11.8. The Kier molecular flexibility index (Phi) is 3.34. The predicted molar refractivity (Wildman–Crippen MR) is 71.4 cm³/mol. The van der Waals surface area contributed by atoms with E-state index in [1.54, 1.807) is 0 Å². The molecule has 0 aromatic carbocycles. The van der Waals surface area contributed by atoms with E-state index in [1.165, 1.54) is 0 Å². The zero-order valence-electron chi connectivity index (χ0n) is 11.0. The molecule has 19 heavy (non-hydrogen) atoms. The van der Waals surface area contributed by atoms with Crippen LogP contribution in [0.15, 0.2) is 0 Å². The van der Waals surface area contributed by atoms with Crippen LogP contribution in [0.4, 0.5) is 0 Å². The standard InChI is InChI=1S/C12H20N4O2S/c13-9-4-5-11-14-15-12(16(11)8-9)7-10-3-1-2-6-19(10,17)18/h9-10H,1-8,13H2. The first-order valence-corrected chi connectivity index (χ1v) is 8.66. The Hall–Kier alpha value is -0.950. The summed E-state index contributed by atoms with van der Waals surface area (Å²) in [7, 11) is -2.95. The molecule has 106 valence electrons. The minimum atomic E-state index is -2.95. The number of aromatic nitrogens is 3. The largest absolute Gasteiger partial charge is 0.326 e. The molecule has 0 bridgehead atoms. The zero-order chi connectivity index (χ0) is 13.5. The Morgan fingerprint density at radius 2 is 2.11 bits per heavy atom. The number of aryl methyl sites for hydroxylation is 1. The lowest BCUT2D eigenvalue weighted by atomic mass is 10.1. The fraction of sp³-hybridized carbons (Fsp3) is 0.833. The van der Waals surface area contributed by atoms with Gasteiger partial charge in [-0.2, -0.15) is 0 Å². The maximum absolute atomic E-state index is 12.1. The molecule has 0 aliphatic carbocycles. The summed E-state index contributed by atoms with van der Waals surface area (Å²) in [5, 5.41) is 8.07. The van der Waals surface area contributed by atoms with Crippen molar-refractivity contribution in [1.29, 1.82) is 0 Å². The maximum Gasteiger partial charge on any atom is 0.153 e. The number of sulfone groups is 1. The van der Waals surface area contributed by atoms with E-state index in [0.29, 0.717) is 18.7 Å². The van der Waals surface area contributed by atoms with Crippen molar-refractivity contribution in [3.8, 4) is 0 Å². The summed E-state index contributed by atoms with van der Waals surface area (Å²) in [5.41, 5.74) is 5.97. The molecular weight excluding hydrogens is 264 g/mol. The molecule has 2 aliphatic rings. The molecule has 0 amide bonds. The Labute approximate surface area is 113 Å². The van der Waals surface area contributed by atoms with E-state index in [0.717, 1.165) is 43.8 Å². The molecule has 3 rings (SSSR count). The number of nitrogens with zero attached hydrogens (tertiary/aromatic N) is 3. The van der Waals surface area contributed by atoms with Gasteiger partial charge >= 0.3 is 0 Å². The van der Waals surface area contributed by atoms with Gasteiger partial charge in [-0.25, -0.2) is 8.42 Å². The van der Waals surface area contributed by atoms with E-state index < -0.39 is 9.84 Å². The molecule has 2 atom stereocenters. The van der Waals surface area contributed by atoms with Crippen LogP contribution in [0.5, 0.6) is 0 Å². The summed E-state index contributed by atoms with van der Waals surface area (Å²) in [5.74, 6) is 2.06. The molecule has 2 aliphatic heterocycles. The van der Waals surface area contributed by atoms with Crippen LogP contribution < -0.4 is 5.73 Å². The fourth-order valence-electron chi connectivity index (χ4n) is 3.01. The van der Waals surface area contributed by atoms with Gasteiger partial charge in [0, 0.05) is 25.4 Å². The van der Waals surface area contributed by atoms with Crippen molar-refractivity contribution in [2.24, 2.45) is 5.73 Å². The van der Waals surface area contributed by atoms with Crippen molar-refractivity contribution < 1.29 is 8.42 Å². The van der Waals surface area contributed by atoms with Gasteiger partial charge in [0.2, 0.25) is 0 Å². The normalized spacial score (nSPS) is 29.9. The van der Waals surface area contributed by atoms with Crippen LogP contribution in [-0.4, -0.2) is 40.2 Å². The summed E-state index contributed by atoms with van der Waals surface area (Å²) < 4.78 is 26.1. The van der Waals surface area contributed by atoms with Crippen molar-refractivity contribution >= 4 is 9.84 Å². The molecule has 2 N–H and O–H groups in total. The summed E-state index contributed by atoms with van der Waals surface area (Å²) in [6.45, 7) is 0.713. The molecular formula is C12H20N4O2S. The van der Waals surface area contributed by atoms with Gasteiger partial charge in [0.25, 0.3) is 0 Å². The molecule has 1 fully saturated rings. The third kappa shape index (κ3) is 2.53. The highest BCUT2D eigenvalue weighted by molar-refractivity contribution is 7.92. The molecule has 0 spiro atoms. The highest BCUT2D eigenvalue weighted by Gasteiger charge is 2.31. The van der Waals surface area contributed by atoms with Gasteiger partial charge < -0.3 is 10.3 Å². The second kappa shape index (κ2) is 4.86. The third-order valence-corrected chi connectivity index (χ3v) is 6.46. The van der Waals surface area contributed by atoms with E-state index in [-0.39, 0.29) is 11.3 Å². The minimum absolute atomic E-state index is 0.130. The summed E-state index contributed by atoms with van der Waals surface area (Å²) in [4.78, 5) is 0. The lowest BCUT2D eigenvalue weighted by Gasteiger charge is -2.24. The average molecular weight is 284 g/mol. The van der Waals surface area contributed by atoms with Crippen molar-refractivity contribution in [3.63, 3.8) is 0 Å². The van der Waals surface area contributed by atoms with Crippen LogP contribution in [0.1, 0.15) is 37.3 Å². The first-order chi connectivity index (χ1) is 9.06. The molecule has 1 saturated heterocycles. The maximum atomic E-state index is 12.1. The summed E-state index contributed by atoms with van der Waals surface area (Å²) in [6.07, 6.45) is 4.79. The summed E-state index contributed by atoms with van der Waals surface area (Å²) >= 11 is 0. The van der Waals surface area contributed by atoms with Gasteiger partial charge in [0.1, 0.15) is 11.6 Å². The van der Waals surface area contributed by atoms with Crippen molar-refractivity contribution in [3.05, 3.63) is 11.6 Å². The van der Waals surface area contributed by atoms with Gasteiger partial charge in [-0.05, 0) is 19.3 Å². The molecule has 7 heteroatoms. The number of nitrogens with two attached hydrogens (primary N) is 1. The van der Waals surface area contributed by atoms with E-state index >= 15 is 0 Å². The van der Waals surface area contributed by atoms with Gasteiger partial charge in [0.15, 0.2) is 9.84 Å². The Morgan fingerprint density at radius 3 is 2.89 bits per heavy atom. The highest BCUT2D eigenvalue weighted by Crippen LogP contribution is 2.24. The first kappa shape index (κ1) is 13.1. The first-order valence-electron chi connectivity index (χ1n) is 6.94. The van der Waals surface area contributed by atoms with E-state index in [2.05, 4.69) is 10.2 Å². The van der Waals surface area contributed by atoms with Gasteiger partial charge in [-0.1, -0.05) is 6.42 Å². The lowest BCUT2D eigenvalue weighted by molar-refractivity contribution is 0.439. The summed E-state index contributed by atoms with van der Waals surface area (Å²) in [6, 6.07) is 0.130. The number of fused-ring (bicyclic) bond motifs is 1. The predicted octanol–water partition coefficient (Wildman–Crippen LogP) is 0.0614. The lowest BCUT2D eigenvalue weighted by Crippen LogP contribution is -2.35. The number of hydrogen-bond acceptors (Lipinski definition) is 5. The molecule has 3 heterocycles. The van der Waals surface area contributed by atoms with Crippen molar-refractivity contribution in [2.75, 3.05) is 5.75 Å². The van der Waals surface area contributed by atoms with Crippen molar-refractivity contribution in [2.45, 2.75) is 56.4 Å². The van der Waals surface area contributed by atoms with Crippen LogP contribution in [-0.2, 0) is 29.2 Å². The molecule has 0 radical (unpaired) electrons. The topological polar surface area (TPSA) is 90.9 Å². The van der Waals surface area contributed by atoms with Crippen LogP contribution in [0.3, 0.4) is 0 Å². The molecule has 2 unspecified atom stereocenters. The second-order valence-electron chi connectivity index (χ2n) is 5.63. The Bertz CT molecular complexity index is 566. The van der Waals surface area contributed by atoms with E-state index in [9.17, 15) is 8.42 Å². The van der Waals surface area contributed by atoms with Crippen LogP contribution in [0.25, 0.3) is 0 Å². The molecule has 1 aromatic heterocycles. The average Bonchev–Trinajstić information content (AvgIpc) is 2.74. The van der Waals surface area contributed by atoms with E-state index in [4.69, 9.17) is 5.73 Å². The Morgan fingerprint density at radius 1 is 1.26 bits per heavy atom. The van der Waals surface area contributed by atoms with Gasteiger partial charge in [-0.15, -0.1) is 10.2 Å². The molecule has 1 aromatic rings. The fourth-order valence-corrected chi connectivity index (χ4v) is 4.88. The van der Waals surface area contributed by atoms with Crippen LogP contribution >= 0.6 is 0 Å². The highest BCUT2D eigenvalue weighted by atomic mass is 32.2. The number of hydrogen-bond donors (Lipinski definition) is 1. The molecule has 6 nitrogen and oxygen atoms in total. The SMILES string of the molecule is NC1CCc2nnc(CC3CCCCS3(=O)=O)n2C1. The van der Waals surface area contributed by atoms with Gasteiger partial charge in [0.05, 0.1) is 11.0 Å². The number of rotatable bonds is 2. The second-order valence-corrected chi connectivity index (χ2v) is 8.03. The monoisotopic (exact) mass is 284 g/mol. The van der Waals surface area contributed by atoms with Crippen molar-refractivity contribution in [1.82, 2.24) is 14.8 Å². The molecule has 0 saturated carbocycles. The minimum Gasteiger partial charge on any atom is -0.326 e. The quantitative estimate of drug-likeness (QED) is 0.829. The smallest absolute Gasteiger partial charge is 0.153 e.